The molecule has 6 nitrogen and oxygen atoms in total. The van der Waals surface area contributed by atoms with Crippen LogP contribution in [0.5, 0.6) is 0 Å². The first-order chi connectivity index (χ1) is 9.12. The first-order valence-corrected chi connectivity index (χ1v) is 7.17. The number of aromatic nitrogens is 1. The molecule has 1 heterocycles. The minimum atomic E-state index is -1.10. The van der Waals surface area contributed by atoms with Gasteiger partial charge in [-0.3, -0.25) is 4.98 Å². The lowest BCUT2D eigenvalue weighted by atomic mass is 9.82. The highest BCUT2D eigenvalue weighted by molar-refractivity contribution is 7.09. The topological polar surface area (TPSA) is 91.3 Å². The third kappa shape index (κ3) is 3.44. The number of aliphatic carboxylic acids is 1. The molecule has 2 amide bonds. The summed E-state index contributed by atoms with van der Waals surface area (Å²) in [5.74, 6) is -0.944. The number of carbonyl (C=O) groups is 2. The minimum absolute atomic E-state index is 0.367. The fraction of sp³-hybridized carbons (Fsp3) is 0.583. The quantitative estimate of drug-likeness (QED) is 0.784. The van der Waals surface area contributed by atoms with Crippen LogP contribution in [0.4, 0.5) is 4.79 Å². The average Bonchev–Trinajstić information content (AvgIpc) is 2.90. The monoisotopic (exact) mass is 283 g/mol. The van der Waals surface area contributed by atoms with E-state index >= 15 is 0 Å². The number of nitrogens with zero attached hydrogens (tertiary/aromatic N) is 1. The van der Waals surface area contributed by atoms with Crippen molar-refractivity contribution < 1.29 is 14.7 Å². The molecule has 0 aliphatic heterocycles. The van der Waals surface area contributed by atoms with Crippen molar-refractivity contribution in [2.75, 3.05) is 0 Å². The Labute approximate surface area is 115 Å². The number of carboxylic acids is 1. The largest absolute Gasteiger partial charge is 0.480 e. The van der Waals surface area contributed by atoms with Crippen molar-refractivity contribution in [2.24, 2.45) is 0 Å². The predicted octanol–water partition coefficient (Wildman–Crippen LogP) is 1.73. The van der Waals surface area contributed by atoms with Crippen LogP contribution in [-0.2, 0) is 11.3 Å². The zero-order chi connectivity index (χ0) is 13.7. The molecule has 104 valence electrons. The van der Waals surface area contributed by atoms with Crippen molar-refractivity contribution in [3.8, 4) is 0 Å². The second-order valence-electron chi connectivity index (χ2n) is 4.72. The van der Waals surface area contributed by atoms with Crippen molar-refractivity contribution in [1.82, 2.24) is 15.6 Å². The molecule has 1 aromatic rings. The summed E-state index contributed by atoms with van der Waals surface area (Å²) in [6.07, 6.45) is 5.37. The smallest absolute Gasteiger partial charge is 0.329 e. The Balaban J connectivity index is 1.90. The maximum atomic E-state index is 11.8. The summed E-state index contributed by atoms with van der Waals surface area (Å²) >= 11 is 1.45. The van der Waals surface area contributed by atoms with E-state index < -0.39 is 17.5 Å². The molecule has 0 saturated heterocycles. The average molecular weight is 283 g/mol. The van der Waals surface area contributed by atoms with Crippen LogP contribution in [0.25, 0.3) is 0 Å². The van der Waals surface area contributed by atoms with Gasteiger partial charge in [-0.2, -0.15) is 0 Å². The fourth-order valence-electron chi connectivity index (χ4n) is 2.31. The van der Waals surface area contributed by atoms with Crippen LogP contribution < -0.4 is 10.6 Å². The molecule has 1 saturated carbocycles. The molecule has 1 fully saturated rings. The lowest BCUT2D eigenvalue weighted by molar-refractivity contribution is -0.145. The van der Waals surface area contributed by atoms with E-state index in [-0.39, 0.29) is 0 Å². The van der Waals surface area contributed by atoms with Gasteiger partial charge in [-0.1, -0.05) is 19.3 Å². The number of carbonyl (C=O) groups excluding carboxylic acids is 1. The highest BCUT2D eigenvalue weighted by Gasteiger charge is 2.40. The van der Waals surface area contributed by atoms with Crippen molar-refractivity contribution >= 4 is 23.3 Å². The molecule has 0 radical (unpaired) electrons. The molecule has 1 aromatic heterocycles. The lowest BCUT2D eigenvalue weighted by Gasteiger charge is -2.33. The highest BCUT2D eigenvalue weighted by Crippen LogP contribution is 2.28. The van der Waals surface area contributed by atoms with Crippen molar-refractivity contribution in [2.45, 2.75) is 44.2 Å². The number of rotatable bonds is 4. The third-order valence-electron chi connectivity index (χ3n) is 3.38. The first kappa shape index (κ1) is 13.8. The van der Waals surface area contributed by atoms with Crippen LogP contribution in [0, 0.1) is 0 Å². The number of hydrogen-bond donors (Lipinski definition) is 3. The molecule has 1 aliphatic rings. The van der Waals surface area contributed by atoms with E-state index in [9.17, 15) is 14.7 Å². The van der Waals surface area contributed by atoms with Crippen LogP contribution in [0.2, 0.25) is 0 Å². The Hall–Kier alpha value is -1.63. The van der Waals surface area contributed by atoms with E-state index in [1.54, 1.807) is 11.7 Å². The summed E-state index contributed by atoms with van der Waals surface area (Å²) in [5.41, 5.74) is 0.588. The molecule has 0 bridgehead atoms. The summed E-state index contributed by atoms with van der Waals surface area (Å²) in [5, 5.41) is 14.6. The van der Waals surface area contributed by atoms with Crippen LogP contribution in [0.15, 0.2) is 11.7 Å². The summed E-state index contributed by atoms with van der Waals surface area (Å²) in [6.45, 7) is 0.367. The number of thiazole rings is 1. The maximum Gasteiger partial charge on any atom is 0.329 e. The van der Waals surface area contributed by atoms with Gasteiger partial charge in [0, 0.05) is 11.1 Å². The van der Waals surface area contributed by atoms with E-state index in [2.05, 4.69) is 15.6 Å². The van der Waals surface area contributed by atoms with Gasteiger partial charge in [-0.15, -0.1) is 11.3 Å². The van der Waals surface area contributed by atoms with Crippen LogP contribution in [0.3, 0.4) is 0 Å². The molecule has 0 atom stereocenters. The van der Waals surface area contributed by atoms with Gasteiger partial charge in [0.1, 0.15) is 5.54 Å². The van der Waals surface area contributed by atoms with Gasteiger partial charge in [0.25, 0.3) is 0 Å². The lowest BCUT2D eigenvalue weighted by Crippen LogP contribution is -2.57. The number of carboxylic acid groups (broad SMARTS) is 1. The Morgan fingerprint density at radius 2 is 2.11 bits per heavy atom. The zero-order valence-electron chi connectivity index (χ0n) is 10.5. The zero-order valence-corrected chi connectivity index (χ0v) is 11.3. The van der Waals surface area contributed by atoms with Crippen LogP contribution in [0.1, 0.15) is 37.0 Å². The molecule has 2 rings (SSSR count). The van der Waals surface area contributed by atoms with E-state index in [1.807, 2.05) is 0 Å². The van der Waals surface area contributed by atoms with E-state index in [0.717, 1.165) is 24.1 Å². The fourth-order valence-corrected chi connectivity index (χ4v) is 2.84. The molecule has 7 heteroatoms. The van der Waals surface area contributed by atoms with Gasteiger partial charge in [-0.25, -0.2) is 9.59 Å². The molecule has 3 N–H and O–H groups in total. The van der Waals surface area contributed by atoms with Crippen molar-refractivity contribution in [1.29, 1.82) is 0 Å². The van der Waals surface area contributed by atoms with E-state index in [4.69, 9.17) is 0 Å². The summed E-state index contributed by atoms with van der Waals surface area (Å²) in [4.78, 5) is 28.1. The number of amides is 2. The normalized spacial score (nSPS) is 17.7. The van der Waals surface area contributed by atoms with E-state index in [1.165, 1.54) is 11.3 Å². The molecule has 19 heavy (non-hydrogen) atoms. The molecule has 0 aromatic carbocycles. The third-order valence-corrected chi connectivity index (χ3v) is 4.16. The van der Waals surface area contributed by atoms with Crippen LogP contribution in [-0.4, -0.2) is 27.6 Å². The van der Waals surface area contributed by atoms with Gasteiger partial charge < -0.3 is 15.7 Å². The van der Waals surface area contributed by atoms with Gasteiger partial charge >= 0.3 is 12.0 Å². The standard InChI is InChI=1S/C12H17N3O3S/c16-10(17)12(4-2-1-3-5-12)15-11(18)14-7-9-6-13-8-19-9/h6,8H,1-5,7H2,(H,16,17)(H2,14,15,18). The summed E-state index contributed by atoms with van der Waals surface area (Å²) in [7, 11) is 0. The number of nitrogens with one attached hydrogen (secondary N) is 2. The Morgan fingerprint density at radius 1 is 1.37 bits per heavy atom. The number of urea groups is 1. The maximum absolute atomic E-state index is 11.8. The second kappa shape index (κ2) is 6.01. The summed E-state index contributed by atoms with van der Waals surface area (Å²) in [6, 6.07) is -0.433. The van der Waals surface area contributed by atoms with Crippen molar-refractivity contribution in [3.05, 3.63) is 16.6 Å². The van der Waals surface area contributed by atoms with E-state index in [0.29, 0.717) is 19.4 Å². The Kier molecular flexibility index (Phi) is 4.36. The molecular formula is C12H17N3O3S. The predicted molar refractivity (Wildman–Crippen MR) is 70.9 cm³/mol. The molecular weight excluding hydrogens is 266 g/mol. The van der Waals surface area contributed by atoms with Crippen LogP contribution >= 0.6 is 11.3 Å². The van der Waals surface area contributed by atoms with Gasteiger partial charge in [0.15, 0.2) is 0 Å². The van der Waals surface area contributed by atoms with Gasteiger partial charge in [0.2, 0.25) is 0 Å². The SMILES string of the molecule is O=C(NCc1cncs1)NC1(C(=O)O)CCCCC1. The second-order valence-corrected chi connectivity index (χ2v) is 5.69. The summed E-state index contributed by atoms with van der Waals surface area (Å²) < 4.78 is 0. The molecule has 0 spiro atoms. The first-order valence-electron chi connectivity index (χ1n) is 6.29. The number of hydrogen-bond acceptors (Lipinski definition) is 4. The van der Waals surface area contributed by atoms with Gasteiger partial charge in [-0.05, 0) is 12.8 Å². The highest BCUT2D eigenvalue weighted by atomic mass is 32.1. The Morgan fingerprint density at radius 3 is 2.68 bits per heavy atom. The molecule has 0 unspecified atom stereocenters. The minimum Gasteiger partial charge on any atom is -0.480 e. The molecule has 1 aliphatic carbocycles. The Bertz CT molecular complexity index is 441. The van der Waals surface area contributed by atoms with Crippen molar-refractivity contribution in [3.63, 3.8) is 0 Å². The van der Waals surface area contributed by atoms with Gasteiger partial charge in [0.05, 0.1) is 12.1 Å².